The number of amidine groups is 1. The van der Waals surface area contributed by atoms with E-state index in [2.05, 4.69) is 5.32 Å². The van der Waals surface area contributed by atoms with Gasteiger partial charge >= 0.3 is 11.9 Å². The van der Waals surface area contributed by atoms with Crippen molar-refractivity contribution in [3.05, 3.63) is 35.4 Å². The summed E-state index contributed by atoms with van der Waals surface area (Å²) in [6.07, 6.45) is 0.440. The predicted octanol–water partition coefficient (Wildman–Crippen LogP) is 2.15. The average Bonchev–Trinajstić information content (AvgIpc) is 2.80. The second kappa shape index (κ2) is 12.9. The Balaban J connectivity index is 2.03. The quantitative estimate of drug-likeness (QED) is 0.248. The molecule has 0 saturated carbocycles. The van der Waals surface area contributed by atoms with E-state index < -0.39 is 41.0 Å². The van der Waals surface area contributed by atoms with Gasteiger partial charge in [-0.15, -0.1) is 0 Å². The molecule has 0 radical (unpaired) electrons. The monoisotopic (exact) mass is 532 g/mol. The molecule has 2 rings (SSSR count). The zero-order valence-corrected chi connectivity index (χ0v) is 23.1. The normalized spacial score (nSPS) is 15.4. The summed E-state index contributed by atoms with van der Waals surface area (Å²) in [5, 5.41) is 10.1. The standard InChI is InChI=1S/C27H40N4O7/c1-26(2,3)37-21(32)15-20(30-24(34)18-9-7-17(8-10-18)23(28)29)25(35)31-13-11-19(12-14-31)36-16-22(33)38-27(4,5)6/h7-10,19-20H,11-16H2,1-6H3,(H3,28,29)(H,30,34)/t20-/m0/s1. The molecule has 1 aliphatic heterocycles. The van der Waals surface area contributed by atoms with Crippen LogP contribution >= 0.6 is 0 Å². The minimum atomic E-state index is -1.14. The van der Waals surface area contributed by atoms with E-state index >= 15 is 0 Å². The molecule has 0 unspecified atom stereocenters. The van der Waals surface area contributed by atoms with E-state index in [1.165, 1.54) is 24.3 Å². The smallest absolute Gasteiger partial charge is 0.332 e. The van der Waals surface area contributed by atoms with Crippen molar-refractivity contribution in [1.82, 2.24) is 10.2 Å². The molecule has 11 nitrogen and oxygen atoms in total. The number of nitrogen functional groups attached to an aromatic ring is 1. The average molecular weight is 533 g/mol. The summed E-state index contributed by atoms with van der Waals surface area (Å²) in [7, 11) is 0. The van der Waals surface area contributed by atoms with Gasteiger partial charge in [0.15, 0.2) is 0 Å². The fourth-order valence-corrected chi connectivity index (χ4v) is 3.81. The molecule has 0 aromatic heterocycles. The number of nitrogens with two attached hydrogens (primary N) is 1. The number of carbonyl (C=O) groups is 4. The summed E-state index contributed by atoms with van der Waals surface area (Å²) >= 11 is 0. The predicted molar refractivity (Wildman–Crippen MR) is 141 cm³/mol. The van der Waals surface area contributed by atoms with Crippen LogP contribution in [0.3, 0.4) is 0 Å². The zero-order valence-electron chi connectivity index (χ0n) is 23.1. The first-order chi connectivity index (χ1) is 17.5. The lowest BCUT2D eigenvalue weighted by molar-refractivity contribution is -0.163. The number of benzene rings is 1. The number of ether oxygens (including phenoxy) is 3. The number of rotatable bonds is 9. The molecule has 0 spiro atoms. The van der Waals surface area contributed by atoms with Crippen molar-refractivity contribution in [1.29, 1.82) is 5.41 Å². The molecule has 1 aromatic carbocycles. The van der Waals surface area contributed by atoms with E-state index in [0.717, 1.165) is 0 Å². The Morgan fingerprint density at radius 3 is 1.95 bits per heavy atom. The summed E-state index contributed by atoms with van der Waals surface area (Å²) in [6, 6.07) is 4.92. The Labute approximate surface area is 223 Å². The van der Waals surface area contributed by atoms with Gasteiger partial charge in [0.2, 0.25) is 5.91 Å². The van der Waals surface area contributed by atoms with Gasteiger partial charge < -0.3 is 30.2 Å². The molecule has 1 atom stereocenters. The zero-order chi connectivity index (χ0) is 28.7. The molecule has 1 saturated heterocycles. The molecule has 1 fully saturated rings. The van der Waals surface area contributed by atoms with E-state index in [4.69, 9.17) is 25.4 Å². The Hall–Kier alpha value is -3.47. The van der Waals surface area contributed by atoms with Crippen molar-refractivity contribution in [2.75, 3.05) is 19.7 Å². The topological polar surface area (TPSA) is 161 Å². The van der Waals surface area contributed by atoms with Gasteiger partial charge in [-0.3, -0.25) is 19.8 Å². The molecule has 1 aromatic rings. The highest BCUT2D eigenvalue weighted by molar-refractivity contribution is 6.00. The van der Waals surface area contributed by atoms with Gasteiger partial charge in [0.1, 0.15) is 29.7 Å². The number of hydrogen-bond donors (Lipinski definition) is 3. The highest BCUT2D eigenvalue weighted by atomic mass is 16.6. The van der Waals surface area contributed by atoms with Gasteiger partial charge in [0.25, 0.3) is 5.91 Å². The van der Waals surface area contributed by atoms with Crippen LogP contribution in [0.1, 0.15) is 76.7 Å². The van der Waals surface area contributed by atoms with Crippen molar-refractivity contribution in [3.63, 3.8) is 0 Å². The fourth-order valence-electron chi connectivity index (χ4n) is 3.81. The van der Waals surface area contributed by atoms with Crippen LogP contribution in [0.15, 0.2) is 24.3 Å². The number of hydrogen-bond acceptors (Lipinski definition) is 8. The van der Waals surface area contributed by atoms with Crippen LogP contribution in [0.5, 0.6) is 0 Å². The summed E-state index contributed by atoms with van der Waals surface area (Å²) in [4.78, 5) is 52.3. The van der Waals surface area contributed by atoms with E-state index in [9.17, 15) is 19.2 Å². The third-order valence-corrected chi connectivity index (χ3v) is 5.46. The fraction of sp³-hybridized carbons (Fsp3) is 0.593. The molecule has 1 heterocycles. The van der Waals surface area contributed by atoms with Gasteiger partial charge in [0.05, 0.1) is 12.5 Å². The maximum atomic E-state index is 13.4. The second-order valence-corrected chi connectivity index (χ2v) is 11.2. The SMILES string of the molecule is CC(C)(C)OC(=O)COC1CCN(C(=O)[C@H](CC(=O)OC(C)(C)C)NC(=O)c2ccc(C(=N)N)cc2)CC1. The number of piperidine rings is 1. The van der Waals surface area contributed by atoms with Crippen LogP contribution < -0.4 is 11.1 Å². The maximum Gasteiger partial charge on any atom is 0.332 e. The van der Waals surface area contributed by atoms with Crippen molar-refractivity contribution >= 4 is 29.6 Å². The number of likely N-dealkylation sites (tertiary alicyclic amines) is 1. The molecular weight excluding hydrogens is 492 g/mol. The van der Waals surface area contributed by atoms with Gasteiger partial charge in [0, 0.05) is 24.2 Å². The molecular formula is C27H40N4O7. The van der Waals surface area contributed by atoms with Crippen LogP contribution in [0.25, 0.3) is 0 Å². The van der Waals surface area contributed by atoms with E-state index in [1.54, 1.807) is 46.4 Å². The van der Waals surface area contributed by atoms with Crippen LogP contribution in [0.2, 0.25) is 0 Å². The molecule has 210 valence electrons. The van der Waals surface area contributed by atoms with Crippen LogP contribution in [0, 0.1) is 5.41 Å². The minimum Gasteiger partial charge on any atom is -0.460 e. The van der Waals surface area contributed by atoms with Crippen molar-refractivity contribution in [3.8, 4) is 0 Å². The Morgan fingerprint density at radius 1 is 0.947 bits per heavy atom. The lowest BCUT2D eigenvalue weighted by Crippen LogP contribution is -2.52. The van der Waals surface area contributed by atoms with Crippen LogP contribution in [-0.2, 0) is 28.6 Å². The molecule has 4 N–H and O–H groups in total. The van der Waals surface area contributed by atoms with E-state index in [0.29, 0.717) is 31.5 Å². The second-order valence-electron chi connectivity index (χ2n) is 11.2. The molecule has 38 heavy (non-hydrogen) atoms. The molecule has 2 amide bonds. The van der Waals surface area contributed by atoms with Crippen molar-refractivity contribution in [2.45, 2.75) is 84.2 Å². The largest absolute Gasteiger partial charge is 0.460 e. The number of amides is 2. The first-order valence-electron chi connectivity index (χ1n) is 12.6. The Bertz CT molecular complexity index is 1020. The van der Waals surface area contributed by atoms with Crippen molar-refractivity contribution < 1.29 is 33.4 Å². The van der Waals surface area contributed by atoms with Gasteiger partial charge in [-0.05, 0) is 66.5 Å². The first-order valence-corrected chi connectivity index (χ1v) is 12.6. The summed E-state index contributed by atoms with van der Waals surface area (Å²) < 4.78 is 16.3. The van der Waals surface area contributed by atoms with E-state index in [-0.39, 0.29) is 30.5 Å². The number of esters is 2. The van der Waals surface area contributed by atoms with Crippen LogP contribution in [-0.4, -0.2) is 77.5 Å². The lowest BCUT2D eigenvalue weighted by Gasteiger charge is -2.34. The number of nitrogens with zero attached hydrogens (tertiary/aromatic N) is 1. The van der Waals surface area contributed by atoms with Gasteiger partial charge in [-0.25, -0.2) is 4.79 Å². The first kappa shape index (κ1) is 30.8. The molecule has 0 bridgehead atoms. The molecule has 1 aliphatic rings. The summed E-state index contributed by atoms with van der Waals surface area (Å²) in [5.74, 6) is -2.15. The highest BCUT2D eigenvalue weighted by Gasteiger charge is 2.33. The summed E-state index contributed by atoms with van der Waals surface area (Å²) in [5.41, 5.74) is 4.83. The third-order valence-electron chi connectivity index (χ3n) is 5.46. The molecule has 11 heteroatoms. The van der Waals surface area contributed by atoms with E-state index in [1.807, 2.05) is 0 Å². The minimum absolute atomic E-state index is 0.131. The number of nitrogens with one attached hydrogen (secondary N) is 2. The lowest BCUT2D eigenvalue weighted by atomic mass is 10.0. The van der Waals surface area contributed by atoms with Crippen LogP contribution in [0.4, 0.5) is 0 Å². The van der Waals surface area contributed by atoms with Gasteiger partial charge in [-0.1, -0.05) is 12.1 Å². The Kier molecular flexibility index (Phi) is 10.4. The highest BCUT2D eigenvalue weighted by Crippen LogP contribution is 2.18. The van der Waals surface area contributed by atoms with Gasteiger partial charge in [-0.2, -0.15) is 0 Å². The molecule has 0 aliphatic carbocycles. The Morgan fingerprint density at radius 2 is 1.45 bits per heavy atom. The van der Waals surface area contributed by atoms with Crippen molar-refractivity contribution in [2.24, 2.45) is 5.73 Å². The maximum absolute atomic E-state index is 13.4. The third kappa shape index (κ3) is 10.5. The summed E-state index contributed by atoms with van der Waals surface area (Å²) in [6.45, 7) is 11.0. The number of carbonyl (C=O) groups excluding carboxylic acids is 4.